The van der Waals surface area contributed by atoms with E-state index in [0.717, 1.165) is 5.57 Å². The zero-order valence-corrected chi connectivity index (χ0v) is 22.5. The van der Waals surface area contributed by atoms with Crippen molar-refractivity contribution in [3.63, 3.8) is 0 Å². The molecule has 3 fully saturated rings. The first kappa shape index (κ1) is 20.8. The van der Waals surface area contributed by atoms with E-state index >= 15 is 0 Å². The van der Waals surface area contributed by atoms with Crippen LogP contribution in [0.25, 0.3) is 0 Å². The smallest absolute Gasteiger partial charge is 0.309 e. The number of carboxylic acid groups (broad SMARTS) is 1. The van der Waals surface area contributed by atoms with Gasteiger partial charge >= 0.3 is 5.97 Å². The third kappa shape index (κ3) is 2.85. The van der Waals surface area contributed by atoms with Crippen LogP contribution in [0.15, 0.2) is 23.3 Å². The fourth-order valence-corrected chi connectivity index (χ4v) is 9.16. The quantitative estimate of drug-likeness (QED) is 0.461. The number of carbonyl (C=O) groups is 3. The average Bonchev–Trinajstić information content (AvgIpc) is 2.82. The van der Waals surface area contributed by atoms with Crippen molar-refractivity contribution in [2.24, 2.45) is 50.2 Å². The minimum Gasteiger partial charge on any atom is -0.481 e. The summed E-state index contributed by atoms with van der Waals surface area (Å²) in [4.78, 5) is 40.7. The fraction of sp³-hybridized carbons (Fsp3) is 0.742. The summed E-state index contributed by atoms with van der Waals surface area (Å²) in [6.45, 7) is 12.9. The maximum Gasteiger partial charge on any atom is 0.309 e. The molecular weight excluding hydrogens is 450 g/mol. The molecule has 0 bridgehead atoms. The second-order valence-corrected chi connectivity index (χ2v) is 13.8. The lowest BCUT2D eigenvalue weighted by molar-refractivity contribution is -0.188. The van der Waals surface area contributed by atoms with Gasteiger partial charge in [0.15, 0.2) is 11.6 Å². The Morgan fingerprint density at radius 1 is 1.08 bits per heavy atom. The van der Waals surface area contributed by atoms with Gasteiger partial charge in [-0.2, -0.15) is 5.26 Å². The van der Waals surface area contributed by atoms with E-state index < -0.39 is 63.0 Å². The van der Waals surface area contributed by atoms with Gasteiger partial charge < -0.3 is 5.11 Å². The van der Waals surface area contributed by atoms with Gasteiger partial charge in [-0.3, -0.25) is 14.4 Å². The SMILES string of the molecule is [2H]C1([2H])C[C@]2(C(=O)O)CC[C@]3(C)[C@H](C(=O)C=C4[C@@]5(C)C=C(C#N)C(=O)C(C)(C)[C@@H]5CC[C@]43C)[C@@H]2C([2H])([2H])C1(C)C. The first-order chi connectivity index (χ1) is 18.0. The van der Waals surface area contributed by atoms with E-state index in [-0.39, 0.29) is 35.9 Å². The minimum absolute atomic E-state index is 0.0780. The van der Waals surface area contributed by atoms with Crippen LogP contribution in [0.4, 0.5) is 0 Å². The molecule has 0 amide bonds. The van der Waals surface area contributed by atoms with Crippen LogP contribution >= 0.6 is 0 Å². The highest BCUT2D eigenvalue weighted by atomic mass is 16.4. The molecule has 0 radical (unpaired) electrons. The standard InChI is InChI=1S/C31H41NO4/c1-26(2)10-12-31(25(35)36)13-11-30(7)23(19(31)16-26)20(33)14-22-28(5)15-18(17-32)24(34)27(3,4)21(28)8-9-29(22,30)6/h14-15,19,21,23H,8-13,16H2,1-7H3,(H,35,36)/t19-,21-,23-,28-,29+,30+,31-/m0/s1/i10D2,16D2. The van der Waals surface area contributed by atoms with Crippen molar-refractivity contribution in [1.29, 1.82) is 5.26 Å². The third-order valence-electron chi connectivity index (χ3n) is 11.4. The van der Waals surface area contributed by atoms with Crippen LogP contribution in [0.2, 0.25) is 0 Å². The predicted molar refractivity (Wildman–Crippen MR) is 137 cm³/mol. The maximum absolute atomic E-state index is 14.4. The van der Waals surface area contributed by atoms with Crippen molar-refractivity contribution in [1.82, 2.24) is 0 Å². The van der Waals surface area contributed by atoms with Crippen molar-refractivity contribution >= 4 is 17.5 Å². The number of carboxylic acids is 1. The van der Waals surface area contributed by atoms with Gasteiger partial charge in [-0.15, -0.1) is 0 Å². The summed E-state index contributed by atoms with van der Waals surface area (Å²) in [7, 11) is 0. The number of hydrogen-bond acceptors (Lipinski definition) is 4. The highest BCUT2D eigenvalue weighted by Crippen LogP contribution is 2.74. The number of nitriles is 1. The second kappa shape index (κ2) is 7.21. The number of ketones is 2. The molecule has 36 heavy (non-hydrogen) atoms. The summed E-state index contributed by atoms with van der Waals surface area (Å²) in [5.41, 5.74) is -5.27. The summed E-state index contributed by atoms with van der Waals surface area (Å²) < 4.78 is 36.2. The Labute approximate surface area is 221 Å². The Kier molecular flexibility index (Phi) is 4.16. The predicted octanol–water partition coefficient (Wildman–Crippen LogP) is 6.29. The van der Waals surface area contributed by atoms with E-state index in [1.807, 2.05) is 27.7 Å². The highest BCUT2D eigenvalue weighted by molar-refractivity contribution is 6.04. The summed E-state index contributed by atoms with van der Waals surface area (Å²) in [5.74, 6) is -4.04. The molecule has 0 unspecified atom stereocenters. The highest BCUT2D eigenvalue weighted by Gasteiger charge is 2.70. The molecule has 5 heteroatoms. The lowest BCUT2D eigenvalue weighted by Crippen LogP contribution is -2.65. The molecule has 0 aromatic rings. The third-order valence-corrected chi connectivity index (χ3v) is 11.4. The van der Waals surface area contributed by atoms with E-state index in [4.69, 9.17) is 2.74 Å². The summed E-state index contributed by atoms with van der Waals surface area (Å²) in [5, 5.41) is 20.5. The molecular formula is C31H41NO4. The van der Waals surface area contributed by atoms with Crippen molar-refractivity contribution in [2.45, 2.75) is 93.3 Å². The van der Waals surface area contributed by atoms with Crippen LogP contribution < -0.4 is 0 Å². The molecule has 194 valence electrons. The molecule has 0 aromatic heterocycles. The summed E-state index contributed by atoms with van der Waals surface area (Å²) in [6.07, 6.45) is 0.351. The van der Waals surface area contributed by atoms with Gasteiger partial charge in [0.2, 0.25) is 0 Å². The Hall–Kier alpha value is -2.22. The molecule has 5 aliphatic rings. The Morgan fingerprint density at radius 2 is 1.75 bits per heavy atom. The first-order valence-electron chi connectivity index (χ1n) is 15.2. The lowest BCUT2D eigenvalue weighted by atomic mass is 9.34. The van der Waals surface area contributed by atoms with E-state index in [1.165, 1.54) is 13.8 Å². The zero-order valence-electron chi connectivity index (χ0n) is 26.5. The average molecular weight is 496 g/mol. The normalized spacial score (nSPS) is 51.1. The van der Waals surface area contributed by atoms with Gasteiger partial charge in [0.1, 0.15) is 6.07 Å². The van der Waals surface area contributed by atoms with Crippen LogP contribution in [0, 0.1) is 61.6 Å². The molecule has 0 aromatic carbocycles. The maximum atomic E-state index is 14.4. The van der Waals surface area contributed by atoms with Gasteiger partial charge in [-0.05, 0) is 79.0 Å². The minimum atomic E-state index is -2.29. The van der Waals surface area contributed by atoms with Gasteiger partial charge in [0.05, 0.1) is 11.0 Å². The summed E-state index contributed by atoms with van der Waals surface area (Å²) in [6, 6.07) is 2.08. The Bertz CT molecular complexity index is 1350. The number of allylic oxidation sites excluding steroid dienone is 4. The number of fused-ring (bicyclic) bond motifs is 7. The topological polar surface area (TPSA) is 95.2 Å². The van der Waals surface area contributed by atoms with Crippen molar-refractivity contribution in [2.75, 3.05) is 0 Å². The number of nitrogens with zero attached hydrogens (tertiary/aromatic N) is 1. The lowest BCUT2D eigenvalue weighted by Gasteiger charge is -2.68. The Morgan fingerprint density at radius 3 is 2.36 bits per heavy atom. The number of carbonyl (C=O) groups excluding carboxylic acids is 2. The molecule has 5 aliphatic carbocycles. The van der Waals surface area contributed by atoms with Crippen molar-refractivity contribution in [3.8, 4) is 6.07 Å². The van der Waals surface area contributed by atoms with E-state index in [2.05, 4.69) is 13.0 Å². The number of aliphatic carboxylic acids is 1. The molecule has 0 spiro atoms. The molecule has 3 saturated carbocycles. The largest absolute Gasteiger partial charge is 0.481 e. The van der Waals surface area contributed by atoms with Crippen molar-refractivity contribution < 1.29 is 25.0 Å². The molecule has 0 aliphatic heterocycles. The number of hydrogen-bond donors (Lipinski definition) is 1. The van der Waals surface area contributed by atoms with E-state index in [0.29, 0.717) is 19.3 Å². The number of rotatable bonds is 1. The zero-order chi connectivity index (χ0) is 30.3. The Balaban J connectivity index is 1.77. The van der Waals surface area contributed by atoms with Crippen LogP contribution in [0.3, 0.4) is 0 Å². The molecule has 1 N–H and O–H groups in total. The van der Waals surface area contributed by atoms with Crippen LogP contribution in [0.1, 0.15) is 98.8 Å². The summed E-state index contributed by atoms with van der Waals surface area (Å²) >= 11 is 0. The molecule has 5 rings (SSSR count). The van der Waals surface area contributed by atoms with Gasteiger partial charge in [-0.25, -0.2) is 0 Å². The monoisotopic (exact) mass is 495 g/mol. The van der Waals surface area contributed by atoms with Gasteiger partial charge in [-0.1, -0.05) is 60.1 Å². The first-order valence-corrected chi connectivity index (χ1v) is 13.2. The molecule has 0 heterocycles. The van der Waals surface area contributed by atoms with Crippen LogP contribution in [0.5, 0.6) is 0 Å². The molecule has 5 nitrogen and oxygen atoms in total. The van der Waals surface area contributed by atoms with E-state index in [1.54, 1.807) is 12.2 Å². The van der Waals surface area contributed by atoms with Gasteiger partial charge in [0.25, 0.3) is 0 Å². The van der Waals surface area contributed by atoms with Crippen molar-refractivity contribution in [3.05, 3.63) is 23.3 Å². The van der Waals surface area contributed by atoms with E-state index in [9.17, 15) is 27.5 Å². The molecule has 7 atom stereocenters. The number of Topliss-reactive ketones (excluding diaryl/α,β-unsaturated/α-hetero) is 1. The fourth-order valence-electron chi connectivity index (χ4n) is 9.16. The van der Waals surface area contributed by atoms with Crippen LogP contribution in [-0.4, -0.2) is 22.6 Å². The molecule has 0 saturated heterocycles. The second-order valence-electron chi connectivity index (χ2n) is 13.8. The van der Waals surface area contributed by atoms with Gasteiger partial charge in [0, 0.05) is 22.2 Å². The van der Waals surface area contributed by atoms with Crippen LogP contribution in [-0.2, 0) is 14.4 Å².